The molecule has 1 aliphatic heterocycles. The lowest BCUT2D eigenvalue weighted by atomic mass is 9.93. The number of carbonyl (C=O) groups excluding carboxylic acids is 2. The first kappa shape index (κ1) is 15.3. The first-order chi connectivity index (χ1) is 10.1. The third kappa shape index (κ3) is 4.46. The number of rotatable bonds is 4. The van der Waals surface area contributed by atoms with Gasteiger partial charge in [0, 0.05) is 31.7 Å². The Labute approximate surface area is 124 Å². The number of nitrogens with one attached hydrogen (secondary N) is 1. The molecule has 0 atom stereocenters. The van der Waals surface area contributed by atoms with E-state index in [0.717, 1.165) is 24.1 Å². The summed E-state index contributed by atoms with van der Waals surface area (Å²) in [6.07, 6.45) is 2.06. The highest BCUT2D eigenvalue weighted by atomic mass is 16.2. The van der Waals surface area contributed by atoms with Crippen molar-refractivity contribution in [2.75, 3.05) is 18.4 Å². The summed E-state index contributed by atoms with van der Waals surface area (Å²) >= 11 is 0. The van der Waals surface area contributed by atoms with Crippen LogP contribution < -0.4 is 16.8 Å². The standard InChI is InChI=1S/C15H22N4O2/c16-10-12-1-3-13(4-2-12)18-15(21)19-7-5-11(6-8-19)9-14(17)20/h1-4,11H,5-10,16H2,(H2,17,20)(H,18,21). The number of primary amides is 1. The van der Waals surface area contributed by atoms with Gasteiger partial charge in [0.15, 0.2) is 0 Å². The average molecular weight is 290 g/mol. The number of hydrogen-bond donors (Lipinski definition) is 3. The van der Waals surface area contributed by atoms with Crippen LogP contribution in [-0.2, 0) is 11.3 Å². The van der Waals surface area contributed by atoms with E-state index >= 15 is 0 Å². The molecule has 0 unspecified atom stereocenters. The van der Waals surface area contributed by atoms with Crippen molar-refractivity contribution in [2.24, 2.45) is 17.4 Å². The average Bonchev–Trinajstić information content (AvgIpc) is 2.48. The number of nitrogens with two attached hydrogens (primary N) is 2. The number of carbonyl (C=O) groups is 2. The molecular formula is C15H22N4O2. The predicted molar refractivity (Wildman–Crippen MR) is 81.5 cm³/mol. The molecular weight excluding hydrogens is 268 g/mol. The van der Waals surface area contributed by atoms with Gasteiger partial charge in [-0.05, 0) is 36.5 Å². The summed E-state index contributed by atoms with van der Waals surface area (Å²) < 4.78 is 0. The van der Waals surface area contributed by atoms with Gasteiger partial charge in [0.25, 0.3) is 0 Å². The molecule has 1 aliphatic rings. The lowest BCUT2D eigenvalue weighted by Crippen LogP contribution is -2.41. The van der Waals surface area contributed by atoms with Gasteiger partial charge in [0.1, 0.15) is 0 Å². The summed E-state index contributed by atoms with van der Waals surface area (Å²) in [5.41, 5.74) is 12.5. The number of benzene rings is 1. The topological polar surface area (TPSA) is 101 Å². The van der Waals surface area contributed by atoms with Gasteiger partial charge < -0.3 is 21.7 Å². The SMILES string of the molecule is NCc1ccc(NC(=O)N2CCC(CC(N)=O)CC2)cc1. The molecule has 21 heavy (non-hydrogen) atoms. The lowest BCUT2D eigenvalue weighted by Gasteiger charge is -2.31. The number of hydrogen-bond acceptors (Lipinski definition) is 3. The molecule has 0 aliphatic carbocycles. The molecule has 6 nitrogen and oxygen atoms in total. The summed E-state index contributed by atoms with van der Waals surface area (Å²) in [6.45, 7) is 1.80. The van der Waals surface area contributed by atoms with Crippen LogP contribution in [0.25, 0.3) is 0 Å². The highest BCUT2D eigenvalue weighted by molar-refractivity contribution is 5.89. The first-order valence-electron chi connectivity index (χ1n) is 7.21. The minimum Gasteiger partial charge on any atom is -0.370 e. The monoisotopic (exact) mass is 290 g/mol. The van der Waals surface area contributed by atoms with E-state index in [0.29, 0.717) is 32.0 Å². The van der Waals surface area contributed by atoms with E-state index in [1.807, 2.05) is 24.3 Å². The van der Waals surface area contributed by atoms with Crippen LogP contribution >= 0.6 is 0 Å². The zero-order valence-corrected chi connectivity index (χ0v) is 12.0. The minimum absolute atomic E-state index is 0.104. The molecule has 0 spiro atoms. The zero-order valence-electron chi connectivity index (χ0n) is 12.0. The van der Waals surface area contributed by atoms with Crippen LogP contribution in [0.2, 0.25) is 0 Å². The summed E-state index contributed by atoms with van der Waals surface area (Å²) in [7, 11) is 0. The molecule has 6 heteroatoms. The van der Waals surface area contributed by atoms with E-state index in [1.165, 1.54) is 0 Å². The van der Waals surface area contributed by atoms with Crippen molar-refractivity contribution in [3.05, 3.63) is 29.8 Å². The second-order valence-electron chi connectivity index (χ2n) is 5.43. The van der Waals surface area contributed by atoms with Gasteiger partial charge >= 0.3 is 6.03 Å². The fourth-order valence-electron chi connectivity index (χ4n) is 2.55. The van der Waals surface area contributed by atoms with Crippen molar-refractivity contribution in [1.29, 1.82) is 0 Å². The maximum atomic E-state index is 12.1. The quantitative estimate of drug-likeness (QED) is 0.778. The predicted octanol–water partition coefficient (Wildman–Crippen LogP) is 1.26. The van der Waals surface area contributed by atoms with Gasteiger partial charge in [0.05, 0.1) is 0 Å². The van der Waals surface area contributed by atoms with Crippen molar-refractivity contribution < 1.29 is 9.59 Å². The summed E-state index contributed by atoms with van der Waals surface area (Å²) in [5, 5.41) is 2.87. The molecule has 0 saturated carbocycles. The molecule has 1 saturated heterocycles. The van der Waals surface area contributed by atoms with Gasteiger partial charge in [-0.25, -0.2) is 4.79 Å². The molecule has 0 aromatic heterocycles. The Morgan fingerprint density at radius 2 is 1.81 bits per heavy atom. The maximum Gasteiger partial charge on any atom is 0.321 e. The molecule has 1 fully saturated rings. The highest BCUT2D eigenvalue weighted by Crippen LogP contribution is 2.21. The van der Waals surface area contributed by atoms with Gasteiger partial charge in [-0.3, -0.25) is 4.79 Å². The largest absolute Gasteiger partial charge is 0.370 e. The van der Waals surface area contributed by atoms with Crippen LogP contribution in [0, 0.1) is 5.92 Å². The molecule has 0 radical (unpaired) electrons. The van der Waals surface area contributed by atoms with Crippen molar-refractivity contribution in [3.8, 4) is 0 Å². The summed E-state index contributed by atoms with van der Waals surface area (Å²) in [6, 6.07) is 7.39. The third-order valence-corrected chi connectivity index (χ3v) is 3.83. The van der Waals surface area contributed by atoms with E-state index in [2.05, 4.69) is 5.32 Å². The van der Waals surface area contributed by atoms with Crippen LogP contribution in [0.1, 0.15) is 24.8 Å². The van der Waals surface area contributed by atoms with Crippen LogP contribution in [0.3, 0.4) is 0 Å². The van der Waals surface area contributed by atoms with E-state index in [9.17, 15) is 9.59 Å². The smallest absolute Gasteiger partial charge is 0.321 e. The van der Waals surface area contributed by atoms with Crippen molar-refractivity contribution in [2.45, 2.75) is 25.8 Å². The molecule has 114 valence electrons. The molecule has 0 bridgehead atoms. The third-order valence-electron chi connectivity index (χ3n) is 3.83. The molecule has 1 aromatic rings. The number of nitrogens with zero attached hydrogens (tertiary/aromatic N) is 1. The van der Waals surface area contributed by atoms with Crippen molar-refractivity contribution >= 4 is 17.6 Å². The fraction of sp³-hybridized carbons (Fsp3) is 0.467. The van der Waals surface area contributed by atoms with Gasteiger partial charge in [-0.15, -0.1) is 0 Å². The van der Waals surface area contributed by atoms with E-state index in [4.69, 9.17) is 11.5 Å². The minimum atomic E-state index is -0.266. The van der Waals surface area contributed by atoms with Gasteiger partial charge in [-0.2, -0.15) is 0 Å². The molecule has 1 heterocycles. The van der Waals surface area contributed by atoms with Crippen LogP contribution in [-0.4, -0.2) is 29.9 Å². The van der Waals surface area contributed by atoms with Crippen molar-refractivity contribution in [1.82, 2.24) is 4.90 Å². The molecule has 3 amide bonds. The number of piperidine rings is 1. The Balaban J connectivity index is 1.82. The summed E-state index contributed by atoms with van der Waals surface area (Å²) in [4.78, 5) is 24.8. The maximum absolute atomic E-state index is 12.1. The fourth-order valence-corrected chi connectivity index (χ4v) is 2.55. The van der Waals surface area contributed by atoms with Crippen LogP contribution in [0.15, 0.2) is 24.3 Å². The Hall–Kier alpha value is -2.08. The normalized spacial score (nSPS) is 15.8. The first-order valence-corrected chi connectivity index (χ1v) is 7.21. The van der Waals surface area contributed by atoms with Crippen LogP contribution in [0.4, 0.5) is 10.5 Å². The van der Waals surface area contributed by atoms with Gasteiger partial charge in [-0.1, -0.05) is 12.1 Å². The highest BCUT2D eigenvalue weighted by Gasteiger charge is 2.23. The molecule has 5 N–H and O–H groups in total. The number of likely N-dealkylation sites (tertiary alicyclic amines) is 1. The Morgan fingerprint density at radius 3 is 2.33 bits per heavy atom. The van der Waals surface area contributed by atoms with E-state index < -0.39 is 0 Å². The van der Waals surface area contributed by atoms with Crippen LogP contribution in [0.5, 0.6) is 0 Å². The lowest BCUT2D eigenvalue weighted by molar-refractivity contribution is -0.119. The Morgan fingerprint density at radius 1 is 1.19 bits per heavy atom. The van der Waals surface area contributed by atoms with Crippen molar-refractivity contribution in [3.63, 3.8) is 0 Å². The van der Waals surface area contributed by atoms with E-state index in [1.54, 1.807) is 4.90 Å². The second kappa shape index (κ2) is 7.08. The zero-order chi connectivity index (χ0) is 15.2. The second-order valence-corrected chi connectivity index (χ2v) is 5.43. The summed E-state index contributed by atoms with van der Waals surface area (Å²) in [5.74, 6) is 0.0354. The van der Waals surface area contributed by atoms with E-state index in [-0.39, 0.29) is 11.9 Å². The Kier molecular flexibility index (Phi) is 5.16. The van der Waals surface area contributed by atoms with Gasteiger partial charge in [0.2, 0.25) is 5.91 Å². The Bertz CT molecular complexity index is 493. The molecule has 2 rings (SSSR count). The number of amides is 3. The molecule has 1 aromatic carbocycles. The number of anilines is 1. The number of urea groups is 1.